The molecule has 1 aromatic rings. The van der Waals surface area contributed by atoms with Crippen LogP contribution in [-0.4, -0.2) is 13.2 Å². The number of halogens is 1. The SMILES string of the molecule is CCCCCCCOc1cc(OCCC)c(F)cc1N. The van der Waals surface area contributed by atoms with Crippen LogP contribution in [0.3, 0.4) is 0 Å². The first-order valence-electron chi connectivity index (χ1n) is 7.53. The highest BCUT2D eigenvalue weighted by molar-refractivity contribution is 5.56. The van der Waals surface area contributed by atoms with Gasteiger partial charge >= 0.3 is 0 Å². The summed E-state index contributed by atoms with van der Waals surface area (Å²) in [5.41, 5.74) is 6.08. The number of nitrogen functional groups attached to an aromatic ring is 1. The summed E-state index contributed by atoms with van der Waals surface area (Å²) >= 11 is 0. The second-order valence-corrected chi connectivity index (χ2v) is 4.93. The second-order valence-electron chi connectivity index (χ2n) is 4.93. The van der Waals surface area contributed by atoms with E-state index in [1.165, 1.54) is 25.3 Å². The molecule has 0 fully saturated rings. The van der Waals surface area contributed by atoms with Crippen molar-refractivity contribution in [3.05, 3.63) is 17.9 Å². The molecule has 0 radical (unpaired) electrons. The lowest BCUT2D eigenvalue weighted by Gasteiger charge is -2.12. The van der Waals surface area contributed by atoms with Crippen molar-refractivity contribution in [3.8, 4) is 11.5 Å². The molecule has 0 aliphatic rings. The highest BCUT2D eigenvalue weighted by Gasteiger charge is 2.10. The summed E-state index contributed by atoms with van der Waals surface area (Å²) in [6.07, 6.45) is 6.68. The summed E-state index contributed by atoms with van der Waals surface area (Å²) in [6.45, 7) is 5.25. The van der Waals surface area contributed by atoms with Crippen molar-refractivity contribution in [2.75, 3.05) is 18.9 Å². The van der Waals surface area contributed by atoms with Gasteiger partial charge in [0.2, 0.25) is 0 Å². The highest BCUT2D eigenvalue weighted by atomic mass is 19.1. The number of hydrogen-bond donors (Lipinski definition) is 1. The smallest absolute Gasteiger partial charge is 0.167 e. The first-order chi connectivity index (χ1) is 9.69. The van der Waals surface area contributed by atoms with E-state index in [0.29, 0.717) is 24.7 Å². The number of nitrogens with two attached hydrogens (primary N) is 1. The van der Waals surface area contributed by atoms with Crippen molar-refractivity contribution in [1.82, 2.24) is 0 Å². The number of anilines is 1. The van der Waals surface area contributed by atoms with Crippen molar-refractivity contribution < 1.29 is 13.9 Å². The third kappa shape index (κ3) is 5.68. The molecular formula is C16H26FNO2. The molecule has 0 unspecified atom stereocenters. The molecule has 4 heteroatoms. The standard InChI is InChI=1S/C16H26FNO2/c1-3-5-6-7-8-10-20-16-12-15(19-9-4-2)13(17)11-14(16)18/h11-12H,3-10,18H2,1-2H3. The number of rotatable bonds is 10. The fourth-order valence-electron chi connectivity index (χ4n) is 1.89. The van der Waals surface area contributed by atoms with Crippen LogP contribution < -0.4 is 15.2 Å². The van der Waals surface area contributed by atoms with E-state index in [9.17, 15) is 4.39 Å². The Bertz CT molecular complexity index is 396. The van der Waals surface area contributed by atoms with Crippen LogP contribution in [0.2, 0.25) is 0 Å². The maximum atomic E-state index is 13.6. The molecule has 0 amide bonds. The van der Waals surface area contributed by atoms with Crippen molar-refractivity contribution in [1.29, 1.82) is 0 Å². The van der Waals surface area contributed by atoms with Crippen LogP contribution in [-0.2, 0) is 0 Å². The van der Waals surface area contributed by atoms with E-state index in [-0.39, 0.29) is 5.75 Å². The maximum absolute atomic E-state index is 13.6. The van der Waals surface area contributed by atoms with Gasteiger partial charge in [-0.3, -0.25) is 0 Å². The minimum Gasteiger partial charge on any atom is -0.491 e. The van der Waals surface area contributed by atoms with Gasteiger partial charge in [0.1, 0.15) is 5.75 Å². The van der Waals surface area contributed by atoms with Gasteiger partial charge in [-0.15, -0.1) is 0 Å². The molecule has 0 aromatic heterocycles. The summed E-state index contributed by atoms with van der Waals surface area (Å²) in [5, 5.41) is 0. The zero-order chi connectivity index (χ0) is 14.8. The van der Waals surface area contributed by atoms with E-state index in [2.05, 4.69) is 6.92 Å². The Morgan fingerprint density at radius 1 is 0.900 bits per heavy atom. The Labute approximate surface area is 121 Å². The molecular weight excluding hydrogens is 257 g/mol. The minimum atomic E-state index is -0.439. The number of unbranched alkanes of at least 4 members (excludes halogenated alkanes) is 4. The third-order valence-electron chi connectivity index (χ3n) is 3.03. The fraction of sp³-hybridized carbons (Fsp3) is 0.625. The van der Waals surface area contributed by atoms with Crippen LogP contribution in [0.25, 0.3) is 0 Å². The van der Waals surface area contributed by atoms with E-state index >= 15 is 0 Å². The Hall–Kier alpha value is -1.45. The van der Waals surface area contributed by atoms with Gasteiger partial charge in [-0.25, -0.2) is 4.39 Å². The van der Waals surface area contributed by atoms with Crippen LogP contribution in [0.15, 0.2) is 12.1 Å². The van der Waals surface area contributed by atoms with Gasteiger partial charge in [0.05, 0.1) is 18.9 Å². The molecule has 3 nitrogen and oxygen atoms in total. The first kappa shape index (κ1) is 16.6. The zero-order valence-corrected chi connectivity index (χ0v) is 12.6. The highest BCUT2D eigenvalue weighted by Crippen LogP contribution is 2.30. The third-order valence-corrected chi connectivity index (χ3v) is 3.03. The van der Waals surface area contributed by atoms with Gasteiger partial charge in [-0.05, 0) is 12.8 Å². The average Bonchev–Trinajstić information content (AvgIpc) is 2.43. The van der Waals surface area contributed by atoms with Crippen LogP contribution in [0.5, 0.6) is 11.5 Å². The Morgan fingerprint density at radius 3 is 2.30 bits per heavy atom. The summed E-state index contributed by atoms with van der Waals surface area (Å²) in [5.74, 6) is 0.279. The predicted octanol–water partition coefficient (Wildman–Crippen LogP) is 4.55. The molecule has 0 saturated carbocycles. The van der Waals surface area contributed by atoms with Gasteiger partial charge < -0.3 is 15.2 Å². The van der Waals surface area contributed by atoms with Gasteiger partial charge in [-0.1, -0.05) is 39.5 Å². The summed E-state index contributed by atoms with van der Waals surface area (Å²) in [7, 11) is 0. The summed E-state index contributed by atoms with van der Waals surface area (Å²) in [6, 6.07) is 2.81. The molecule has 0 saturated heterocycles. The molecule has 1 rings (SSSR count). The van der Waals surface area contributed by atoms with Crippen molar-refractivity contribution in [3.63, 3.8) is 0 Å². The lowest BCUT2D eigenvalue weighted by Crippen LogP contribution is -2.03. The van der Waals surface area contributed by atoms with E-state index in [4.69, 9.17) is 15.2 Å². The fourth-order valence-corrected chi connectivity index (χ4v) is 1.89. The molecule has 0 heterocycles. The van der Waals surface area contributed by atoms with Crippen molar-refractivity contribution in [2.24, 2.45) is 0 Å². The van der Waals surface area contributed by atoms with E-state index < -0.39 is 5.82 Å². The summed E-state index contributed by atoms with van der Waals surface area (Å²) in [4.78, 5) is 0. The lowest BCUT2D eigenvalue weighted by atomic mass is 10.2. The Morgan fingerprint density at radius 2 is 1.60 bits per heavy atom. The van der Waals surface area contributed by atoms with Gasteiger partial charge in [-0.2, -0.15) is 0 Å². The van der Waals surface area contributed by atoms with Crippen LogP contribution >= 0.6 is 0 Å². The normalized spacial score (nSPS) is 10.6. The van der Waals surface area contributed by atoms with Crippen molar-refractivity contribution >= 4 is 5.69 Å². The Kier molecular flexibility index (Phi) is 7.85. The largest absolute Gasteiger partial charge is 0.491 e. The van der Waals surface area contributed by atoms with Crippen LogP contribution in [0.4, 0.5) is 10.1 Å². The van der Waals surface area contributed by atoms with Gasteiger partial charge in [0.25, 0.3) is 0 Å². The average molecular weight is 283 g/mol. The number of ether oxygens (including phenoxy) is 2. The van der Waals surface area contributed by atoms with E-state index in [1.54, 1.807) is 6.07 Å². The zero-order valence-electron chi connectivity index (χ0n) is 12.6. The van der Waals surface area contributed by atoms with E-state index in [0.717, 1.165) is 19.3 Å². The monoisotopic (exact) mass is 283 g/mol. The topological polar surface area (TPSA) is 44.5 Å². The van der Waals surface area contributed by atoms with Gasteiger partial charge in [0.15, 0.2) is 11.6 Å². The minimum absolute atomic E-state index is 0.210. The molecule has 0 atom stereocenters. The Balaban J connectivity index is 2.47. The van der Waals surface area contributed by atoms with Gasteiger partial charge in [0, 0.05) is 12.1 Å². The molecule has 0 aliphatic heterocycles. The second kappa shape index (κ2) is 9.45. The first-order valence-corrected chi connectivity index (χ1v) is 7.53. The molecule has 1 aromatic carbocycles. The van der Waals surface area contributed by atoms with Crippen molar-refractivity contribution in [2.45, 2.75) is 52.4 Å². The van der Waals surface area contributed by atoms with Crippen LogP contribution in [0, 0.1) is 5.82 Å². The molecule has 0 bridgehead atoms. The maximum Gasteiger partial charge on any atom is 0.167 e. The quantitative estimate of drug-likeness (QED) is 0.506. The van der Waals surface area contributed by atoms with Crippen LogP contribution in [0.1, 0.15) is 52.4 Å². The molecule has 0 aliphatic carbocycles. The predicted molar refractivity (Wildman–Crippen MR) is 80.9 cm³/mol. The molecule has 114 valence electrons. The number of benzene rings is 1. The summed E-state index contributed by atoms with van der Waals surface area (Å²) < 4.78 is 24.6. The molecule has 20 heavy (non-hydrogen) atoms. The molecule has 0 spiro atoms. The number of hydrogen-bond acceptors (Lipinski definition) is 3. The lowest BCUT2D eigenvalue weighted by molar-refractivity contribution is 0.287. The molecule has 2 N–H and O–H groups in total. The van der Waals surface area contributed by atoms with E-state index in [1.807, 2.05) is 6.92 Å².